The molecule has 1 N–H and O–H groups in total. The van der Waals surface area contributed by atoms with Gasteiger partial charge in [-0.15, -0.1) is 0 Å². The summed E-state index contributed by atoms with van der Waals surface area (Å²) in [6.45, 7) is 1.44. The zero-order valence-corrected chi connectivity index (χ0v) is 13.9. The molecule has 0 radical (unpaired) electrons. The Kier molecular flexibility index (Phi) is 5.25. The maximum absolute atomic E-state index is 12.2. The van der Waals surface area contributed by atoms with Gasteiger partial charge in [0.2, 0.25) is 0 Å². The third-order valence-corrected chi connectivity index (χ3v) is 4.28. The second-order valence-corrected chi connectivity index (χ2v) is 6.13. The number of aromatic hydroxyl groups is 1. The highest BCUT2D eigenvalue weighted by Crippen LogP contribution is 2.33. The Hall–Kier alpha value is -1.80. The normalized spacial score (nSPS) is 16.5. The molecule has 0 saturated carbocycles. The molecule has 0 aliphatic carbocycles. The van der Waals surface area contributed by atoms with E-state index in [4.69, 9.17) is 4.74 Å². The number of hydrogen-bond donors (Lipinski definition) is 1. The number of carbonyl (C=O) groups is 3. The van der Waals surface area contributed by atoms with Gasteiger partial charge in [-0.25, -0.2) is 0 Å². The van der Waals surface area contributed by atoms with Crippen LogP contribution in [0.4, 0.5) is 4.79 Å². The molecule has 6 nitrogen and oxygen atoms in total. The van der Waals surface area contributed by atoms with Crippen LogP contribution >= 0.6 is 27.7 Å². The van der Waals surface area contributed by atoms with Gasteiger partial charge in [0.15, 0.2) is 0 Å². The number of imide groups is 1. The monoisotopic (exact) mass is 385 g/mol. The molecule has 8 heteroatoms. The van der Waals surface area contributed by atoms with E-state index in [1.165, 1.54) is 12.1 Å². The molecule has 1 aliphatic heterocycles. The number of rotatable bonds is 4. The number of benzene rings is 1. The van der Waals surface area contributed by atoms with Crippen molar-refractivity contribution in [2.24, 2.45) is 0 Å². The molecule has 1 heterocycles. The van der Waals surface area contributed by atoms with Crippen molar-refractivity contribution in [1.29, 1.82) is 0 Å². The van der Waals surface area contributed by atoms with Crippen molar-refractivity contribution >= 4 is 50.9 Å². The molecule has 1 aromatic carbocycles. The lowest BCUT2D eigenvalue weighted by atomic mass is 10.2. The fraction of sp³-hybridized carbons (Fsp3) is 0.214. The summed E-state index contributed by atoms with van der Waals surface area (Å²) in [7, 11) is 0. The first-order valence-electron chi connectivity index (χ1n) is 6.32. The van der Waals surface area contributed by atoms with E-state index in [-0.39, 0.29) is 17.3 Å². The van der Waals surface area contributed by atoms with E-state index < -0.39 is 23.7 Å². The number of phenolic OH excluding ortho intramolecular Hbond substituents is 1. The SMILES string of the molecule is CCOC(=O)CN1C(=O)S/C(=C\c2ccc(O)c(Br)c2)C1=O. The first-order chi connectivity index (χ1) is 10.4. The van der Waals surface area contributed by atoms with Gasteiger partial charge in [0.25, 0.3) is 11.1 Å². The van der Waals surface area contributed by atoms with Crippen LogP contribution in [-0.2, 0) is 14.3 Å². The highest BCUT2D eigenvalue weighted by Gasteiger charge is 2.36. The minimum atomic E-state index is -0.626. The average molecular weight is 386 g/mol. The van der Waals surface area contributed by atoms with Crippen molar-refractivity contribution in [2.45, 2.75) is 6.92 Å². The van der Waals surface area contributed by atoms with Crippen LogP contribution in [0.3, 0.4) is 0 Å². The third-order valence-electron chi connectivity index (χ3n) is 2.74. The molecule has 1 fully saturated rings. The lowest BCUT2D eigenvalue weighted by molar-refractivity contribution is -0.145. The lowest BCUT2D eigenvalue weighted by Crippen LogP contribution is -2.34. The summed E-state index contributed by atoms with van der Waals surface area (Å²) in [6.07, 6.45) is 1.53. The molecule has 0 spiro atoms. The summed E-state index contributed by atoms with van der Waals surface area (Å²) >= 11 is 3.93. The van der Waals surface area contributed by atoms with E-state index in [0.29, 0.717) is 10.0 Å². The quantitative estimate of drug-likeness (QED) is 0.633. The molecule has 2 amide bonds. The summed E-state index contributed by atoms with van der Waals surface area (Å²) in [5.74, 6) is -1.08. The Labute approximate surface area is 139 Å². The minimum absolute atomic E-state index is 0.0764. The Morgan fingerprint density at radius 3 is 2.82 bits per heavy atom. The highest BCUT2D eigenvalue weighted by atomic mass is 79.9. The Morgan fingerprint density at radius 1 is 1.45 bits per heavy atom. The van der Waals surface area contributed by atoms with Gasteiger partial charge < -0.3 is 9.84 Å². The number of phenols is 1. The van der Waals surface area contributed by atoms with E-state index >= 15 is 0 Å². The van der Waals surface area contributed by atoms with Gasteiger partial charge in [0.1, 0.15) is 12.3 Å². The molecular formula is C14H12BrNO5S. The van der Waals surface area contributed by atoms with Crippen molar-refractivity contribution in [1.82, 2.24) is 4.90 Å². The van der Waals surface area contributed by atoms with Gasteiger partial charge in [-0.2, -0.15) is 0 Å². The zero-order chi connectivity index (χ0) is 16.3. The molecule has 22 heavy (non-hydrogen) atoms. The summed E-state index contributed by atoms with van der Waals surface area (Å²) in [6, 6.07) is 4.70. The van der Waals surface area contributed by atoms with Crippen molar-refractivity contribution < 1.29 is 24.2 Å². The standard InChI is InChI=1S/C14H12BrNO5S/c1-2-21-12(18)7-16-13(19)11(22-14(16)20)6-8-3-4-10(17)9(15)5-8/h3-6,17H,2,7H2,1H3/b11-6-. The molecule has 0 bridgehead atoms. The zero-order valence-electron chi connectivity index (χ0n) is 11.5. The smallest absolute Gasteiger partial charge is 0.326 e. The number of hydrogen-bond acceptors (Lipinski definition) is 6. The predicted octanol–water partition coefficient (Wildman–Crippen LogP) is 2.75. The number of ether oxygens (including phenoxy) is 1. The maximum Gasteiger partial charge on any atom is 0.326 e. The minimum Gasteiger partial charge on any atom is -0.507 e. The van der Waals surface area contributed by atoms with Crippen molar-refractivity contribution in [3.8, 4) is 5.75 Å². The molecule has 0 aromatic heterocycles. The van der Waals surface area contributed by atoms with Gasteiger partial charge in [0, 0.05) is 0 Å². The van der Waals surface area contributed by atoms with Gasteiger partial charge in [-0.3, -0.25) is 19.3 Å². The maximum atomic E-state index is 12.2. The topological polar surface area (TPSA) is 83.9 Å². The van der Waals surface area contributed by atoms with E-state index in [1.54, 1.807) is 19.1 Å². The molecular weight excluding hydrogens is 374 g/mol. The van der Waals surface area contributed by atoms with E-state index in [2.05, 4.69) is 15.9 Å². The Balaban J connectivity index is 2.18. The first-order valence-corrected chi connectivity index (χ1v) is 7.92. The second kappa shape index (κ2) is 6.97. The number of amides is 2. The Bertz CT molecular complexity index is 673. The molecule has 1 saturated heterocycles. The Morgan fingerprint density at radius 2 is 2.18 bits per heavy atom. The molecule has 1 aromatic rings. The van der Waals surface area contributed by atoms with Gasteiger partial charge in [-0.1, -0.05) is 6.07 Å². The summed E-state index contributed by atoms with van der Waals surface area (Å²) in [5.41, 5.74) is 0.645. The predicted molar refractivity (Wildman–Crippen MR) is 85.1 cm³/mol. The summed E-state index contributed by atoms with van der Waals surface area (Å²) in [5, 5.41) is 8.92. The first kappa shape index (κ1) is 16.6. The molecule has 0 unspecified atom stereocenters. The van der Waals surface area contributed by atoms with Crippen LogP contribution in [-0.4, -0.2) is 40.3 Å². The molecule has 0 atom stereocenters. The number of carbonyl (C=O) groups excluding carboxylic acids is 3. The average Bonchev–Trinajstić information content (AvgIpc) is 2.71. The number of halogens is 1. The number of thioether (sulfide) groups is 1. The van der Waals surface area contributed by atoms with Crippen LogP contribution in [0.15, 0.2) is 27.6 Å². The fourth-order valence-electron chi connectivity index (χ4n) is 1.74. The fourth-order valence-corrected chi connectivity index (χ4v) is 2.97. The van der Waals surface area contributed by atoms with Crippen molar-refractivity contribution in [3.63, 3.8) is 0 Å². The summed E-state index contributed by atoms with van der Waals surface area (Å²) in [4.78, 5) is 36.4. The van der Waals surface area contributed by atoms with Crippen LogP contribution in [0.2, 0.25) is 0 Å². The summed E-state index contributed by atoms with van der Waals surface area (Å²) < 4.78 is 5.21. The van der Waals surface area contributed by atoms with Crippen LogP contribution in [0.25, 0.3) is 6.08 Å². The van der Waals surface area contributed by atoms with E-state index in [1.807, 2.05) is 0 Å². The number of esters is 1. The lowest BCUT2D eigenvalue weighted by Gasteiger charge is -2.10. The van der Waals surface area contributed by atoms with Crippen LogP contribution in [0.1, 0.15) is 12.5 Å². The van der Waals surface area contributed by atoms with Gasteiger partial charge in [-0.05, 0) is 58.4 Å². The third kappa shape index (κ3) is 3.69. The van der Waals surface area contributed by atoms with Gasteiger partial charge in [0.05, 0.1) is 16.0 Å². The van der Waals surface area contributed by atoms with E-state index in [0.717, 1.165) is 16.7 Å². The molecule has 116 valence electrons. The largest absolute Gasteiger partial charge is 0.507 e. The van der Waals surface area contributed by atoms with Gasteiger partial charge >= 0.3 is 5.97 Å². The molecule has 1 aliphatic rings. The second-order valence-electron chi connectivity index (χ2n) is 4.28. The van der Waals surface area contributed by atoms with Crippen LogP contribution in [0, 0.1) is 0 Å². The van der Waals surface area contributed by atoms with Crippen LogP contribution in [0.5, 0.6) is 5.75 Å². The van der Waals surface area contributed by atoms with Crippen molar-refractivity contribution in [2.75, 3.05) is 13.2 Å². The molecule has 2 rings (SSSR count). The van der Waals surface area contributed by atoms with Crippen LogP contribution < -0.4 is 0 Å². The number of nitrogens with zero attached hydrogens (tertiary/aromatic N) is 1. The highest BCUT2D eigenvalue weighted by molar-refractivity contribution is 9.10. The van der Waals surface area contributed by atoms with Crippen molar-refractivity contribution in [3.05, 3.63) is 33.1 Å². The van der Waals surface area contributed by atoms with E-state index in [9.17, 15) is 19.5 Å².